The van der Waals surface area contributed by atoms with Crippen molar-refractivity contribution in [3.05, 3.63) is 117 Å². The molecule has 0 fully saturated rings. The summed E-state index contributed by atoms with van der Waals surface area (Å²) < 4.78 is 0. The lowest BCUT2D eigenvalue weighted by molar-refractivity contribution is -0.117. The van der Waals surface area contributed by atoms with E-state index in [2.05, 4.69) is 82.5 Å². The molecule has 8 rings (SSSR count). The lowest BCUT2D eigenvalue weighted by atomic mass is 9.99. The van der Waals surface area contributed by atoms with Crippen molar-refractivity contribution in [2.75, 3.05) is 34.5 Å². The molecular weight excluding hydrogens is 717 g/mol. The van der Waals surface area contributed by atoms with Gasteiger partial charge in [-0.3, -0.25) is 19.2 Å². The minimum absolute atomic E-state index is 0.0507. The molecule has 0 aliphatic carbocycles. The summed E-state index contributed by atoms with van der Waals surface area (Å²) in [5, 5.41) is 28.8. The predicted molar refractivity (Wildman–Crippen MR) is 226 cm³/mol. The zero-order valence-corrected chi connectivity index (χ0v) is 33.1. The molecule has 10 nitrogen and oxygen atoms in total. The number of aryl methyl sites for hydroxylation is 7. The summed E-state index contributed by atoms with van der Waals surface area (Å²) in [4.78, 5) is 44.6. The summed E-state index contributed by atoms with van der Waals surface area (Å²) >= 11 is 0. The average Bonchev–Trinajstić information content (AvgIpc) is 3.21. The average molecular weight is 771 g/mol. The van der Waals surface area contributed by atoms with Crippen LogP contribution in [0.15, 0.2) is 72.8 Å². The van der Waals surface area contributed by atoms with E-state index in [9.17, 15) is 19.2 Å². The van der Waals surface area contributed by atoms with E-state index >= 15 is 0 Å². The Kier molecular flexibility index (Phi) is 16.0. The number of aliphatic hydroxyl groups is 2. The fraction of sp³-hybridized carbons (Fsp3) is 0.362. The van der Waals surface area contributed by atoms with E-state index in [0.717, 1.165) is 78.8 Å². The standard InChI is InChI=1S/C13H17NO.C12H15NO2.C12H11NO2.C10H11NO/c1-2-3-4-10-5-6-11-7-8-13(15)14-12(11)9-10;2*14-7-1-2-9-3-4-10-5-6-12(15)13-11(10)8-9;1-7-2-3-8-4-5-10(12)11-9(8)6-7/h5-6,9H,2-4,7-8H2,1H3,(H,14,15);3-4,8,14H,1-2,5-7H2,(H,13,15);3-4,8,14H,5-7H2,(H,13,15);2-3,6H,4-5H2,1H3,(H,11,12). The highest BCUT2D eigenvalue weighted by Crippen LogP contribution is 2.27. The van der Waals surface area contributed by atoms with Gasteiger partial charge in [-0.2, -0.15) is 0 Å². The minimum atomic E-state index is -0.149. The monoisotopic (exact) mass is 770 g/mol. The van der Waals surface area contributed by atoms with Crippen LogP contribution in [0.1, 0.15) is 96.4 Å². The van der Waals surface area contributed by atoms with Crippen molar-refractivity contribution in [3.63, 3.8) is 0 Å². The van der Waals surface area contributed by atoms with Gasteiger partial charge in [0.1, 0.15) is 6.61 Å². The SMILES string of the molecule is CCCCc1ccc2c(c1)NC(=O)CC2.Cc1ccc2c(c1)NC(=O)CC2.O=C1CCc2ccc(C#CCO)cc2N1.O=C1CCc2ccc(CCCO)cc2N1. The van der Waals surface area contributed by atoms with Gasteiger partial charge in [-0.05, 0) is 128 Å². The molecule has 4 amide bonds. The van der Waals surface area contributed by atoms with Crippen molar-refractivity contribution < 1.29 is 29.4 Å². The van der Waals surface area contributed by atoms with Gasteiger partial charge in [-0.15, -0.1) is 0 Å². The lowest BCUT2D eigenvalue weighted by Crippen LogP contribution is -2.19. The van der Waals surface area contributed by atoms with Crippen LogP contribution in [0, 0.1) is 18.8 Å². The molecule has 6 N–H and O–H groups in total. The summed E-state index contributed by atoms with van der Waals surface area (Å²) in [6, 6.07) is 24.5. The van der Waals surface area contributed by atoms with E-state index < -0.39 is 0 Å². The second kappa shape index (κ2) is 21.5. The third-order valence-corrected chi connectivity index (χ3v) is 10.1. The molecule has 0 atom stereocenters. The van der Waals surface area contributed by atoms with Crippen molar-refractivity contribution >= 4 is 46.4 Å². The second-order valence-corrected chi connectivity index (χ2v) is 14.6. The summed E-state index contributed by atoms with van der Waals surface area (Å²) in [6.07, 6.45) is 10.9. The number of unbranched alkanes of at least 4 members (excludes halogenated alkanes) is 1. The highest BCUT2D eigenvalue weighted by atomic mass is 16.3. The fourth-order valence-corrected chi connectivity index (χ4v) is 6.89. The molecule has 0 saturated carbocycles. The first-order valence-corrected chi connectivity index (χ1v) is 20.0. The molecule has 10 heteroatoms. The Labute approximate surface area is 335 Å². The maximum Gasteiger partial charge on any atom is 0.224 e. The van der Waals surface area contributed by atoms with Gasteiger partial charge in [0.25, 0.3) is 0 Å². The Balaban J connectivity index is 0.000000146. The molecule has 0 aromatic heterocycles. The van der Waals surface area contributed by atoms with E-state index in [1.807, 2.05) is 37.3 Å². The van der Waals surface area contributed by atoms with Crippen LogP contribution in [0.25, 0.3) is 0 Å². The van der Waals surface area contributed by atoms with Crippen molar-refractivity contribution in [2.24, 2.45) is 0 Å². The molecule has 298 valence electrons. The molecule has 4 aliphatic heterocycles. The number of carbonyl (C=O) groups is 4. The van der Waals surface area contributed by atoms with Crippen LogP contribution in [-0.2, 0) is 57.7 Å². The smallest absolute Gasteiger partial charge is 0.224 e. The molecule has 0 saturated heterocycles. The third-order valence-electron chi connectivity index (χ3n) is 10.1. The van der Waals surface area contributed by atoms with Gasteiger partial charge in [0.2, 0.25) is 23.6 Å². The van der Waals surface area contributed by atoms with Crippen LogP contribution < -0.4 is 21.3 Å². The molecular formula is C47H54N4O6. The highest BCUT2D eigenvalue weighted by molar-refractivity contribution is 5.95. The first-order valence-electron chi connectivity index (χ1n) is 20.0. The summed E-state index contributed by atoms with van der Waals surface area (Å²) in [7, 11) is 0. The number of nitrogens with one attached hydrogen (secondary N) is 4. The Morgan fingerprint density at radius 2 is 0.947 bits per heavy atom. The number of carbonyl (C=O) groups excluding carboxylic acids is 4. The first kappa shape index (κ1) is 42.4. The molecule has 57 heavy (non-hydrogen) atoms. The predicted octanol–water partition coefficient (Wildman–Crippen LogP) is 7.20. The van der Waals surface area contributed by atoms with E-state index in [4.69, 9.17) is 10.2 Å². The summed E-state index contributed by atoms with van der Waals surface area (Å²) in [5.74, 6) is 5.81. The Hall–Kier alpha value is -5.76. The topological polar surface area (TPSA) is 157 Å². The number of fused-ring (bicyclic) bond motifs is 4. The largest absolute Gasteiger partial charge is 0.396 e. The molecule has 0 unspecified atom stereocenters. The normalized spacial score (nSPS) is 14.5. The van der Waals surface area contributed by atoms with Gasteiger partial charge in [-0.25, -0.2) is 0 Å². The van der Waals surface area contributed by atoms with Gasteiger partial charge in [-0.1, -0.05) is 67.6 Å². The van der Waals surface area contributed by atoms with Crippen molar-refractivity contribution in [1.29, 1.82) is 0 Å². The van der Waals surface area contributed by atoms with Gasteiger partial charge in [0.05, 0.1) is 0 Å². The van der Waals surface area contributed by atoms with Crippen LogP contribution in [0.3, 0.4) is 0 Å². The number of hydrogen-bond acceptors (Lipinski definition) is 6. The van der Waals surface area contributed by atoms with E-state index in [0.29, 0.717) is 25.7 Å². The molecule has 4 aliphatic rings. The van der Waals surface area contributed by atoms with Gasteiger partial charge in [0, 0.05) is 60.6 Å². The summed E-state index contributed by atoms with van der Waals surface area (Å²) in [5.41, 5.74) is 13.2. The van der Waals surface area contributed by atoms with Gasteiger partial charge >= 0.3 is 0 Å². The molecule has 0 spiro atoms. The number of amides is 4. The number of aliphatic hydroxyl groups excluding tert-OH is 2. The third kappa shape index (κ3) is 13.2. The maximum absolute atomic E-state index is 11.2. The first-order chi connectivity index (χ1) is 27.6. The van der Waals surface area contributed by atoms with Crippen LogP contribution in [0.5, 0.6) is 0 Å². The van der Waals surface area contributed by atoms with Crippen LogP contribution in [0.4, 0.5) is 22.7 Å². The Morgan fingerprint density at radius 3 is 1.40 bits per heavy atom. The Bertz CT molecular complexity index is 2060. The maximum atomic E-state index is 11.2. The van der Waals surface area contributed by atoms with E-state index in [-0.39, 0.29) is 36.8 Å². The fourth-order valence-electron chi connectivity index (χ4n) is 6.89. The van der Waals surface area contributed by atoms with Crippen molar-refractivity contribution in [1.82, 2.24) is 0 Å². The van der Waals surface area contributed by atoms with Gasteiger partial charge < -0.3 is 31.5 Å². The molecule has 4 heterocycles. The van der Waals surface area contributed by atoms with E-state index in [1.54, 1.807) is 0 Å². The Morgan fingerprint density at radius 1 is 0.526 bits per heavy atom. The number of benzene rings is 4. The number of rotatable bonds is 6. The number of anilines is 4. The van der Waals surface area contributed by atoms with Crippen molar-refractivity contribution in [3.8, 4) is 11.8 Å². The minimum Gasteiger partial charge on any atom is -0.396 e. The van der Waals surface area contributed by atoms with Crippen LogP contribution in [0.2, 0.25) is 0 Å². The second-order valence-electron chi connectivity index (χ2n) is 14.6. The molecule has 0 bridgehead atoms. The van der Waals surface area contributed by atoms with E-state index in [1.165, 1.54) is 46.2 Å². The zero-order valence-electron chi connectivity index (χ0n) is 33.1. The molecule has 4 aromatic rings. The quantitative estimate of drug-likeness (QED) is 0.114. The number of hydrogen-bond donors (Lipinski definition) is 6. The molecule has 4 aromatic carbocycles. The van der Waals surface area contributed by atoms with Crippen molar-refractivity contribution in [2.45, 2.75) is 97.3 Å². The van der Waals surface area contributed by atoms with Crippen LogP contribution >= 0.6 is 0 Å². The highest BCUT2D eigenvalue weighted by Gasteiger charge is 2.17. The van der Waals surface area contributed by atoms with Gasteiger partial charge in [0.15, 0.2) is 0 Å². The summed E-state index contributed by atoms with van der Waals surface area (Å²) in [6.45, 7) is 4.29. The molecule has 0 radical (unpaired) electrons. The van der Waals surface area contributed by atoms with Crippen LogP contribution in [-0.4, -0.2) is 47.1 Å². The zero-order chi connectivity index (χ0) is 40.6. The lowest BCUT2D eigenvalue weighted by Gasteiger charge is -2.17.